The molecule has 1 aliphatic rings. The van der Waals surface area contributed by atoms with Crippen LogP contribution in [0.25, 0.3) is 0 Å². The van der Waals surface area contributed by atoms with E-state index >= 15 is 0 Å². The van der Waals surface area contributed by atoms with E-state index in [1.807, 2.05) is 0 Å². The molecule has 0 heterocycles. The van der Waals surface area contributed by atoms with Crippen LogP contribution in [0.3, 0.4) is 0 Å². The molecule has 1 rings (SSSR count). The van der Waals surface area contributed by atoms with E-state index in [-0.39, 0.29) is 4.91 Å². The highest BCUT2D eigenvalue weighted by Crippen LogP contribution is 2.29. The van der Waals surface area contributed by atoms with Gasteiger partial charge in [0.05, 0.1) is 15.9 Å². The van der Waals surface area contributed by atoms with Crippen molar-refractivity contribution in [1.29, 1.82) is 0 Å². The van der Waals surface area contributed by atoms with Gasteiger partial charge in [-0.1, -0.05) is 6.92 Å². The second kappa shape index (κ2) is 3.93. The molecule has 2 atom stereocenters. The van der Waals surface area contributed by atoms with E-state index in [4.69, 9.17) is 14.8 Å². The van der Waals surface area contributed by atoms with E-state index < -0.39 is 37.1 Å². The lowest BCUT2D eigenvalue weighted by Gasteiger charge is -2.25. The summed E-state index contributed by atoms with van der Waals surface area (Å²) >= 11 is 0. The Morgan fingerprint density at radius 1 is 1.06 bits per heavy atom. The molecule has 92 valence electrons. The van der Waals surface area contributed by atoms with Gasteiger partial charge < -0.3 is 5.73 Å². The normalized spacial score (nSPS) is 27.2. The van der Waals surface area contributed by atoms with Crippen LogP contribution >= 0.6 is 0 Å². The average Bonchev–Trinajstić information content (AvgIpc) is 2.05. The maximum atomic E-state index is 10.9. The molecule has 0 aromatic carbocycles. The summed E-state index contributed by atoms with van der Waals surface area (Å²) in [7, 11) is -8.88. The minimum absolute atomic E-state index is 0.382. The number of hydrogen-bond acceptors (Lipinski definition) is 5. The highest BCUT2D eigenvalue weighted by molar-refractivity contribution is 7.90. The molecule has 0 saturated carbocycles. The van der Waals surface area contributed by atoms with Crippen molar-refractivity contribution in [3.63, 3.8) is 0 Å². The molecule has 0 aliphatic heterocycles. The fourth-order valence-corrected chi connectivity index (χ4v) is 3.07. The molecule has 0 spiro atoms. The molecular weight excluding hydrogens is 258 g/mol. The molecule has 0 fully saturated rings. The van der Waals surface area contributed by atoms with E-state index in [1.54, 1.807) is 0 Å². The molecule has 16 heavy (non-hydrogen) atoms. The Kier molecular flexibility index (Phi) is 3.27. The van der Waals surface area contributed by atoms with Crippen LogP contribution in [0.4, 0.5) is 0 Å². The van der Waals surface area contributed by atoms with E-state index in [0.29, 0.717) is 0 Å². The first-order chi connectivity index (χ1) is 7.05. The van der Waals surface area contributed by atoms with Crippen LogP contribution in [0.15, 0.2) is 22.0 Å². The summed E-state index contributed by atoms with van der Waals surface area (Å²) in [6.45, 7) is 1.34. The van der Waals surface area contributed by atoms with Gasteiger partial charge in [-0.05, 0) is 12.2 Å². The standard InChI is InChI=1S/C7H11NO6S2/c1-4-5(15(9,10)11)2-3-6(7(4)8)16(12,13)14/h2-4,7H,8H2,1H3,(H,9,10,11)(H,12,13,14). The van der Waals surface area contributed by atoms with Crippen LogP contribution in [-0.4, -0.2) is 32.0 Å². The Hall–Kier alpha value is -0.740. The monoisotopic (exact) mass is 269 g/mol. The lowest BCUT2D eigenvalue weighted by molar-refractivity contribution is 0.465. The number of nitrogens with two attached hydrogens (primary N) is 1. The van der Waals surface area contributed by atoms with Gasteiger partial charge in [0.2, 0.25) is 0 Å². The Morgan fingerprint density at radius 2 is 1.44 bits per heavy atom. The fraction of sp³-hybridized carbons (Fsp3) is 0.429. The van der Waals surface area contributed by atoms with E-state index in [9.17, 15) is 16.8 Å². The first-order valence-electron chi connectivity index (χ1n) is 4.17. The first kappa shape index (κ1) is 13.3. The highest BCUT2D eigenvalue weighted by atomic mass is 32.2. The molecule has 1 aliphatic carbocycles. The van der Waals surface area contributed by atoms with Crippen molar-refractivity contribution in [1.82, 2.24) is 0 Å². The maximum absolute atomic E-state index is 10.9. The molecule has 7 nitrogen and oxygen atoms in total. The molecule has 0 saturated heterocycles. The number of allylic oxidation sites excluding steroid dienone is 2. The molecule has 4 N–H and O–H groups in total. The smallest absolute Gasteiger partial charge is 0.292 e. The van der Waals surface area contributed by atoms with Crippen LogP contribution in [0, 0.1) is 5.92 Å². The quantitative estimate of drug-likeness (QED) is 0.575. The van der Waals surface area contributed by atoms with Gasteiger partial charge in [0.25, 0.3) is 20.2 Å². The first-order valence-corrected chi connectivity index (χ1v) is 7.05. The lowest BCUT2D eigenvalue weighted by atomic mass is 9.97. The zero-order chi connectivity index (χ0) is 12.7. The summed E-state index contributed by atoms with van der Waals surface area (Å²) in [5.41, 5.74) is 5.47. The van der Waals surface area contributed by atoms with Gasteiger partial charge in [-0.15, -0.1) is 0 Å². The largest absolute Gasteiger partial charge is 0.323 e. The summed E-state index contributed by atoms with van der Waals surface area (Å²) in [4.78, 5) is -0.861. The van der Waals surface area contributed by atoms with Crippen molar-refractivity contribution >= 4 is 20.2 Å². The van der Waals surface area contributed by atoms with Crippen LogP contribution in [0.2, 0.25) is 0 Å². The van der Waals surface area contributed by atoms with Crippen molar-refractivity contribution in [2.75, 3.05) is 0 Å². The molecule has 2 unspecified atom stereocenters. The summed E-state index contributed by atoms with van der Waals surface area (Å²) < 4.78 is 61.1. The van der Waals surface area contributed by atoms with Gasteiger partial charge in [0, 0.05) is 5.92 Å². The zero-order valence-electron chi connectivity index (χ0n) is 8.23. The predicted octanol–water partition coefficient (Wildman–Crippen LogP) is -0.493. The number of hydrogen-bond donors (Lipinski definition) is 3. The third-order valence-corrected chi connectivity index (χ3v) is 4.43. The van der Waals surface area contributed by atoms with Gasteiger partial charge in [0.1, 0.15) is 0 Å². The van der Waals surface area contributed by atoms with Crippen molar-refractivity contribution in [3.8, 4) is 0 Å². The van der Waals surface area contributed by atoms with E-state index in [0.717, 1.165) is 12.2 Å². The summed E-state index contributed by atoms with van der Waals surface area (Å²) in [5.74, 6) is -0.933. The van der Waals surface area contributed by atoms with E-state index in [1.165, 1.54) is 6.92 Å². The van der Waals surface area contributed by atoms with Crippen LogP contribution in [0.1, 0.15) is 6.92 Å². The third-order valence-electron chi connectivity index (χ3n) is 2.32. The molecule has 9 heteroatoms. The second-order valence-corrected chi connectivity index (χ2v) is 6.25. The summed E-state index contributed by atoms with van der Waals surface area (Å²) in [6, 6.07) is -1.21. The van der Waals surface area contributed by atoms with Crippen LogP contribution in [0.5, 0.6) is 0 Å². The van der Waals surface area contributed by atoms with Gasteiger partial charge in [-0.2, -0.15) is 16.8 Å². The Morgan fingerprint density at radius 3 is 1.81 bits per heavy atom. The minimum atomic E-state index is -4.46. The minimum Gasteiger partial charge on any atom is -0.323 e. The van der Waals surface area contributed by atoms with Gasteiger partial charge in [0.15, 0.2) is 0 Å². The molecular formula is C7H11NO6S2. The third kappa shape index (κ3) is 2.50. The van der Waals surface area contributed by atoms with E-state index in [2.05, 4.69) is 0 Å². The van der Waals surface area contributed by atoms with Gasteiger partial charge in [-0.25, -0.2) is 0 Å². The molecule has 0 amide bonds. The predicted molar refractivity (Wildman–Crippen MR) is 56.4 cm³/mol. The van der Waals surface area contributed by atoms with Crippen molar-refractivity contribution in [3.05, 3.63) is 22.0 Å². The lowest BCUT2D eigenvalue weighted by Crippen LogP contribution is -2.37. The SMILES string of the molecule is CC1C(S(=O)(=O)O)=CC=C(S(=O)(=O)O)C1N. The Labute approximate surface area is 93.1 Å². The number of rotatable bonds is 2. The maximum Gasteiger partial charge on any atom is 0.292 e. The summed E-state index contributed by atoms with van der Waals surface area (Å²) in [6.07, 6.45) is 1.77. The second-order valence-electron chi connectivity index (χ2n) is 3.40. The van der Waals surface area contributed by atoms with Crippen LogP contribution in [-0.2, 0) is 20.2 Å². The molecule has 0 radical (unpaired) electrons. The van der Waals surface area contributed by atoms with Crippen molar-refractivity contribution < 1.29 is 25.9 Å². The summed E-state index contributed by atoms with van der Waals surface area (Å²) in [5, 5.41) is 0. The topological polar surface area (TPSA) is 135 Å². The molecule has 0 aromatic heterocycles. The molecule has 0 aromatic rings. The van der Waals surface area contributed by atoms with Gasteiger partial charge >= 0.3 is 0 Å². The van der Waals surface area contributed by atoms with Gasteiger partial charge in [-0.3, -0.25) is 9.11 Å². The average molecular weight is 269 g/mol. The van der Waals surface area contributed by atoms with Crippen molar-refractivity contribution in [2.45, 2.75) is 13.0 Å². The fourth-order valence-electron chi connectivity index (χ4n) is 1.43. The Balaban J connectivity index is 3.36. The highest BCUT2D eigenvalue weighted by Gasteiger charge is 2.34. The van der Waals surface area contributed by atoms with Crippen LogP contribution < -0.4 is 5.73 Å². The molecule has 0 bridgehead atoms. The van der Waals surface area contributed by atoms with Crippen molar-refractivity contribution in [2.24, 2.45) is 11.7 Å². The zero-order valence-corrected chi connectivity index (χ0v) is 9.86. The Bertz CT molecular complexity index is 504.